The molecule has 1 aromatic carbocycles. The molecule has 1 aliphatic rings. The third-order valence-corrected chi connectivity index (χ3v) is 7.85. The number of amides is 4. The Morgan fingerprint density at radius 2 is 1.70 bits per heavy atom. The Morgan fingerprint density at radius 1 is 1.02 bits per heavy atom. The molecular formula is C30H46N4O5S. The van der Waals surface area contributed by atoms with Gasteiger partial charge in [0, 0.05) is 25.3 Å². The summed E-state index contributed by atoms with van der Waals surface area (Å²) in [7, 11) is 0. The molecule has 0 spiro atoms. The van der Waals surface area contributed by atoms with E-state index >= 15 is 0 Å². The number of carbonyl (C=O) groups is 5. The summed E-state index contributed by atoms with van der Waals surface area (Å²) in [6.45, 7) is 8.90. The van der Waals surface area contributed by atoms with Gasteiger partial charge in [-0.1, -0.05) is 63.9 Å². The topological polar surface area (TPSA) is 125 Å². The fourth-order valence-corrected chi connectivity index (χ4v) is 5.55. The summed E-state index contributed by atoms with van der Waals surface area (Å²) in [5.74, 6) is -1.03. The molecule has 0 radical (unpaired) electrons. The van der Waals surface area contributed by atoms with Crippen LogP contribution in [-0.4, -0.2) is 76.5 Å². The number of hydrogen-bond acceptors (Lipinski definition) is 6. The summed E-state index contributed by atoms with van der Waals surface area (Å²) in [5, 5.41) is 8.47. The second kappa shape index (κ2) is 16.4. The number of ketones is 1. The van der Waals surface area contributed by atoms with Crippen LogP contribution >= 0.6 is 11.8 Å². The second-order valence-electron chi connectivity index (χ2n) is 10.9. The molecule has 0 aromatic heterocycles. The van der Waals surface area contributed by atoms with Crippen LogP contribution in [0.5, 0.6) is 0 Å². The molecule has 0 aliphatic carbocycles. The molecule has 5 unspecified atom stereocenters. The van der Waals surface area contributed by atoms with E-state index in [9.17, 15) is 24.0 Å². The highest BCUT2D eigenvalue weighted by Crippen LogP contribution is 2.25. The van der Waals surface area contributed by atoms with E-state index in [0.717, 1.165) is 18.4 Å². The van der Waals surface area contributed by atoms with Crippen LogP contribution < -0.4 is 16.0 Å². The molecule has 5 atom stereocenters. The van der Waals surface area contributed by atoms with Gasteiger partial charge in [0.25, 0.3) is 0 Å². The Morgan fingerprint density at radius 3 is 2.27 bits per heavy atom. The van der Waals surface area contributed by atoms with E-state index in [-0.39, 0.29) is 41.9 Å². The minimum absolute atomic E-state index is 0.0274. The normalized spacial score (nSPS) is 19.2. The Kier molecular flexibility index (Phi) is 13.7. The second-order valence-corrected chi connectivity index (χ2v) is 11.9. The standard InChI is InChI=1S/C30H46N4O5S/c1-7-8-14-23(27(36)19(2)3)32-29(38)26(18-22-12-10-9-11-13-22)34-20(4)17-25(30(34)39)33-28(37)24(15-16-40-6)31-21(5)35/h9-13,19-20,23-26H,7-8,14-18H2,1-6H3,(H,31,35)(H,32,38)(H,33,37). The van der Waals surface area contributed by atoms with E-state index in [0.29, 0.717) is 25.0 Å². The van der Waals surface area contributed by atoms with Gasteiger partial charge in [-0.3, -0.25) is 24.0 Å². The van der Waals surface area contributed by atoms with Gasteiger partial charge in [0.05, 0.1) is 6.04 Å². The summed E-state index contributed by atoms with van der Waals surface area (Å²) < 4.78 is 0. The number of nitrogens with zero attached hydrogens (tertiary/aromatic N) is 1. The quantitative estimate of drug-likeness (QED) is 0.279. The van der Waals surface area contributed by atoms with E-state index in [1.54, 1.807) is 16.7 Å². The molecule has 10 heteroatoms. The summed E-state index contributed by atoms with van der Waals surface area (Å²) >= 11 is 1.56. The maximum Gasteiger partial charge on any atom is 0.246 e. The van der Waals surface area contributed by atoms with Crippen molar-refractivity contribution in [1.29, 1.82) is 0 Å². The minimum Gasteiger partial charge on any atom is -0.345 e. The summed E-state index contributed by atoms with van der Waals surface area (Å²) in [5.41, 5.74) is 0.887. The Hall–Kier alpha value is -2.88. The maximum absolute atomic E-state index is 13.8. The van der Waals surface area contributed by atoms with Crippen molar-refractivity contribution in [3.63, 3.8) is 0 Å². The van der Waals surface area contributed by atoms with Gasteiger partial charge in [0.15, 0.2) is 5.78 Å². The molecule has 4 amide bonds. The van der Waals surface area contributed by atoms with Crippen LogP contribution in [0.4, 0.5) is 0 Å². The van der Waals surface area contributed by atoms with Crippen LogP contribution in [0.15, 0.2) is 30.3 Å². The number of hydrogen-bond donors (Lipinski definition) is 3. The summed E-state index contributed by atoms with van der Waals surface area (Å²) in [4.78, 5) is 66.7. The molecule has 0 bridgehead atoms. The average Bonchev–Trinajstić information content (AvgIpc) is 3.19. The molecule has 1 aromatic rings. The number of unbranched alkanes of at least 4 members (excludes halogenated alkanes) is 1. The first-order chi connectivity index (χ1) is 19.0. The van der Waals surface area contributed by atoms with Crippen LogP contribution in [0, 0.1) is 5.92 Å². The first-order valence-corrected chi connectivity index (χ1v) is 15.7. The third kappa shape index (κ3) is 9.64. The highest BCUT2D eigenvalue weighted by molar-refractivity contribution is 7.98. The van der Waals surface area contributed by atoms with Gasteiger partial charge in [-0.15, -0.1) is 0 Å². The van der Waals surface area contributed by atoms with Crippen LogP contribution in [0.1, 0.15) is 72.3 Å². The smallest absolute Gasteiger partial charge is 0.246 e. The molecule has 222 valence electrons. The first kappa shape index (κ1) is 33.3. The van der Waals surface area contributed by atoms with Gasteiger partial charge in [0.2, 0.25) is 23.6 Å². The lowest BCUT2D eigenvalue weighted by Gasteiger charge is -2.32. The lowest BCUT2D eigenvalue weighted by Crippen LogP contribution is -2.56. The van der Waals surface area contributed by atoms with Gasteiger partial charge in [-0.2, -0.15) is 11.8 Å². The van der Waals surface area contributed by atoms with E-state index < -0.39 is 30.1 Å². The third-order valence-electron chi connectivity index (χ3n) is 7.21. The monoisotopic (exact) mass is 574 g/mol. The average molecular weight is 575 g/mol. The molecule has 2 rings (SSSR count). The maximum atomic E-state index is 13.8. The summed E-state index contributed by atoms with van der Waals surface area (Å²) in [6, 6.07) is 6.11. The molecule has 1 saturated heterocycles. The zero-order valence-corrected chi connectivity index (χ0v) is 25.5. The van der Waals surface area contributed by atoms with Crippen LogP contribution in [-0.2, 0) is 30.4 Å². The number of benzene rings is 1. The molecular weight excluding hydrogens is 528 g/mol. The SMILES string of the molecule is CCCCC(NC(=O)C(Cc1ccccc1)N1C(=O)C(NC(=O)C(CCSC)NC(C)=O)CC1C)C(=O)C(C)C. The van der Waals surface area contributed by atoms with Gasteiger partial charge < -0.3 is 20.9 Å². The van der Waals surface area contributed by atoms with E-state index in [2.05, 4.69) is 16.0 Å². The van der Waals surface area contributed by atoms with Gasteiger partial charge in [0.1, 0.15) is 18.1 Å². The van der Waals surface area contributed by atoms with Crippen molar-refractivity contribution in [3.05, 3.63) is 35.9 Å². The van der Waals surface area contributed by atoms with Crippen molar-refractivity contribution in [1.82, 2.24) is 20.9 Å². The Balaban J connectivity index is 2.30. The molecule has 40 heavy (non-hydrogen) atoms. The van der Waals surface area contributed by atoms with Gasteiger partial charge >= 0.3 is 0 Å². The van der Waals surface area contributed by atoms with Crippen LogP contribution in [0.25, 0.3) is 0 Å². The number of Topliss-reactive ketones (excluding diaryl/α,β-unsaturated/α-hetero) is 1. The van der Waals surface area contributed by atoms with E-state index in [1.807, 2.05) is 64.3 Å². The van der Waals surface area contributed by atoms with Gasteiger partial charge in [-0.25, -0.2) is 0 Å². The van der Waals surface area contributed by atoms with E-state index in [1.165, 1.54) is 6.92 Å². The minimum atomic E-state index is -0.849. The van der Waals surface area contributed by atoms with Crippen molar-refractivity contribution < 1.29 is 24.0 Å². The largest absolute Gasteiger partial charge is 0.345 e. The molecule has 1 aliphatic heterocycles. The highest BCUT2D eigenvalue weighted by atomic mass is 32.2. The van der Waals surface area contributed by atoms with Crippen molar-refractivity contribution in [2.45, 2.75) is 103 Å². The fourth-order valence-electron chi connectivity index (χ4n) is 5.08. The number of nitrogens with one attached hydrogen (secondary N) is 3. The first-order valence-electron chi connectivity index (χ1n) is 14.3. The molecule has 0 saturated carbocycles. The number of rotatable bonds is 16. The zero-order valence-electron chi connectivity index (χ0n) is 24.7. The van der Waals surface area contributed by atoms with Gasteiger partial charge in [-0.05, 0) is 43.8 Å². The van der Waals surface area contributed by atoms with Crippen molar-refractivity contribution in [2.75, 3.05) is 12.0 Å². The van der Waals surface area contributed by atoms with Crippen LogP contribution in [0.2, 0.25) is 0 Å². The Labute approximate surface area is 243 Å². The molecule has 3 N–H and O–H groups in total. The fraction of sp³-hybridized carbons (Fsp3) is 0.633. The molecule has 1 fully saturated rings. The van der Waals surface area contributed by atoms with E-state index in [4.69, 9.17) is 0 Å². The number of carbonyl (C=O) groups excluding carboxylic acids is 5. The lowest BCUT2D eigenvalue weighted by molar-refractivity contribution is -0.141. The van der Waals surface area contributed by atoms with Crippen LogP contribution in [0.3, 0.4) is 0 Å². The molecule has 1 heterocycles. The van der Waals surface area contributed by atoms with Crippen molar-refractivity contribution >= 4 is 41.2 Å². The Bertz CT molecular complexity index is 1020. The summed E-state index contributed by atoms with van der Waals surface area (Å²) in [6.07, 6.45) is 5.21. The predicted molar refractivity (Wildman–Crippen MR) is 159 cm³/mol. The number of thioether (sulfide) groups is 1. The highest BCUT2D eigenvalue weighted by Gasteiger charge is 2.45. The zero-order chi connectivity index (χ0) is 29.8. The molecule has 9 nitrogen and oxygen atoms in total. The van der Waals surface area contributed by atoms with Crippen molar-refractivity contribution in [3.8, 4) is 0 Å². The lowest BCUT2D eigenvalue weighted by atomic mass is 9.96. The number of likely N-dealkylation sites (tertiary alicyclic amines) is 1. The van der Waals surface area contributed by atoms with Crippen molar-refractivity contribution in [2.24, 2.45) is 5.92 Å². The predicted octanol–water partition coefficient (Wildman–Crippen LogP) is 2.86.